The second-order valence-corrected chi connectivity index (χ2v) is 6.34. The van der Waals surface area contributed by atoms with Gasteiger partial charge in [-0.1, -0.05) is 30.3 Å². The van der Waals surface area contributed by atoms with E-state index in [1.807, 2.05) is 6.07 Å². The topological polar surface area (TPSA) is 131 Å². The molecule has 4 amide bonds. The highest BCUT2D eigenvalue weighted by atomic mass is 16.6. The lowest BCUT2D eigenvalue weighted by molar-refractivity contribution is -0.139. The van der Waals surface area contributed by atoms with Crippen molar-refractivity contribution >= 4 is 23.8 Å². The minimum absolute atomic E-state index is 0.0634. The van der Waals surface area contributed by atoms with E-state index in [4.69, 9.17) is 10.5 Å². The van der Waals surface area contributed by atoms with Crippen molar-refractivity contribution < 1.29 is 23.9 Å². The first-order valence-electron chi connectivity index (χ1n) is 9.06. The van der Waals surface area contributed by atoms with Gasteiger partial charge in [-0.25, -0.2) is 9.69 Å². The fourth-order valence-electron chi connectivity index (χ4n) is 2.29. The van der Waals surface area contributed by atoms with Crippen molar-refractivity contribution in [1.29, 1.82) is 0 Å². The molecule has 1 aromatic carbocycles. The Labute approximate surface area is 164 Å². The third-order valence-corrected chi connectivity index (χ3v) is 3.90. The first kappa shape index (κ1) is 23.1. The van der Waals surface area contributed by atoms with E-state index in [0.29, 0.717) is 11.4 Å². The highest BCUT2D eigenvalue weighted by Crippen LogP contribution is 2.09. The Balaban J connectivity index is 2.87. The van der Waals surface area contributed by atoms with Crippen molar-refractivity contribution in [2.75, 3.05) is 6.54 Å². The van der Waals surface area contributed by atoms with E-state index in [0.717, 1.165) is 5.56 Å². The second-order valence-electron chi connectivity index (χ2n) is 6.34. The number of amides is 4. The molecule has 0 saturated heterocycles. The van der Waals surface area contributed by atoms with Crippen molar-refractivity contribution in [3.05, 3.63) is 35.9 Å². The lowest BCUT2D eigenvalue weighted by atomic mass is 10.2. The van der Waals surface area contributed by atoms with Crippen LogP contribution in [0.1, 0.15) is 33.3 Å². The Hall–Kier alpha value is -2.94. The van der Waals surface area contributed by atoms with E-state index in [9.17, 15) is 19.2 Å². The molecule has 0 aromatic heterocycles. The van der Waals surface area contributed by atoms with Crippen molar-refractivity contribution in [1.82, 2.24) is 15.5 Å². The molecule has 0 spiro atoms. The van der Waals surface area contributed by atoms with Crippen LogP contribution in [0.4, 0.5) is 4.79 Å². The van der Waals surface area contributed by atoms with Crippen molar-refractivity contribution in [2.24, 2.45) is 5.73 Å². The molecule has 4 N–H and O–H groups in total. The molecule has 154 valence electrons. The van der Waals surface area contributed by atoms with Gasteiger partial charge >= 0.3 is 6.09 Å². The van der Waals surface area contributed by atoms with Gasteiger partial charge in [-0.05, 0) is 33.3 Å². The third-order valence-electron chi connectivity index (χ3n) is 3.90. The van der Waals surface area contributed by atoms with E-state index in [1.54, 1.807) is 31.2 Å². The zero-order valence-electron chi connectivity index (χ0n) is 16.6. The van der Waals surface area contributed by atoms with Gasteiger partial charge in [0.25, 0.3) is 0 Å². The molecule has 0 aliphatic heterocycles. The molecule has 9 heteroatoms. The number of imide groups is 1. The van der Waals surface area contributed by atoms with Crippen LogP contribution >= 0.6 is 0 Å². The fraction of sp³-hybridized carbons (Fsp3) is 0.474. The zero-order chi connectivity index (χ0) is 21.3. The summed E-state index contributed by atoms with van der Waals surface area (Å²) in [5, 5.41) is 5.05. The number of carbonyl (C=O) groups excluding carboxylic acids is 4. The van der Waals surface area contributed by atoms with Crippen LogP contribution in [0.15, 0.2) is 30.3 Å². The third kappa shape index (κ3) is 6.66. The van der Waals surface area contributed by atoms with Crippen LogP contribution < -0.4 is 16.4 Å². The molecule has 9 nitrogen and oxygen atoms in total. The van der Waals surface area contributed by atoms with E-state index in [-0.39, 0.29) is 12.5 Å². The first-order chi connectivity index (χ1) is 13.2. The monoisotopic (exact) mass is 392 g/mol. The van der Waals surface area contributed by atoms with E-state index in [2.05, 4.69) is 10.6 Å². The predicted octanol–water partition coefficient (Wildman–Crippen LogP) is 0.528. The highest BCUT2D eigenvalue weighted by molar-refractivity contribution is 6.00. The van der Waals surface area contributed by atoms with E-state index >= 15 is 0 Å². The molecule has 0 aliphatic rings. The van der Waals surface area contributed by atoms with E-state index in [1.165, 1.54) is 20.8 Å². The van der Waals surface area contributed by atoms with Crippen LogP contribution in [0.2, 0.25) is 0 Å². The van der Waals surface area contributed by atoms with Gasteiger partial charge in [0, 0.05) is 6.54 Å². The summed E-state index contributed by atoms with van der Waals surface area (Å²) in [6.45, 7) is 6.37. The Morgan fingerprint density at radius 3 is 2.21 bits per heavy atom. The number of hydrogen-bond acceptors (Lipinski definition) is 6. The van der Waals surface area contributed by atoms with Crippen LogP contribution in [0.25, 0.3) is 0 Å². The van der Waals surface area contributed by atoms with Crippen molar-refractivity contribution in [2.45, 2.75) is 52.4 Å². The van der Waals surface area contributed by atoms with Crippen LogP contribution in [-0.4, -0.2) is 53.4 Å². The average Bonchev–Trinajstić information content (AvgIpc) is 2.67. The molecule has 28 heavy (non-hydrogen) atoms. The minimum atomic E-state index is -1.21. The number of benzene rings is 1. The number of likely N-dealkylation sites (N-methyl/N-ethyl adjacent to an activating group) is 1. The van der Waals surface area contributed by atoms with Gasteiger partial charge in [-0.3, -0.25) is 14.4 Å². The summed E-state index contributed by atoms with van der Waals surface area (Å²) in [5.74, 6) is -1.81. The number of hydrogen-bond donors (Lipinski definition) is 3. The zero-order valence-corrected chi connectivity index (χ0v) is 16.6. The van der Waals surface area contributed by atoms with Gasteiger partial charge in [-0.15, -0.1) is 0 Å². The molecule has 3 atom stereocenters. The number of nitrogens with zero attached hydrogens (tertiary/aromatic N) is 1. The standard InChI is InChI=1S/C19H28N4O5/c1-5-21-16(24)13(3)22-17(25)14(4)23(18(26)12(2)20)19(27)28-11-15-9-7-6-8-10-15/h6-10,12-14H,5,11,20H2,1-4H3,(H,21,24)(H,22,25)/t12-,13-,14-/m0/s1. The molecule has 0 bridgehead atoms. The number of rotatable bonds is 8. The molecular weight excluding hydrogens is 364 g/mol. The normalized spacial score (nSPS) is 13.6. The fourth-order valence-corrected chi connectivity index (χ4v) is 2.29. The molecule has 0 saturated carbocycles. The highest BCUT2D eigenvalue weighted by Gasteiger charge is 2.35. The molecule has 1 rings (SSSR count). The summed E-state index contributed by atoms with van der Waals surface area (Å²) < 4.78 is 5.18. The quantitative estimate of drug-likeness (QED) is 0.591. The number of nitrogens with one attached hydrogen (secondary N) is 2. The SMILES string of the molecule is CCNC(=O)[C@H](C)NC(=O)[C@H](C)N(C(=O)OCc1ccccc1)C(=O)[C@H](C)N. The first-order valence-corrected chi connectivity index (χ1v) is 9.06. The Morgan fingerprint density at radius 1 is 1.07 bits per heavy atom. The molecule has 0 heterocycles. The lowest BCUT2D eigenvalue weighted by Gasteiger charge is -2.28. The van der Waals surface area contributed by atoms with E-state index < -0.39 is 36.0 Å². The lowest BCUT2D eigenvalue weighted by Crippen LogP contribution is -2.57. The molecule has 0 unspecified atom stereocenters. The molecular formula is C19H28N4O5. The average molecular weight is 392 g/mol. The maximum absolute atomic E-state index is 12.5. The van der Waals surface area contributed by atoms with Crippen molar-refractivity contribution in [3.8, 4) is 0 Å². The molecule has 0 radical (unpaired) electrons. The van der Waals surface area contributed by atoms with Gasteiger partial charge in [0.15, 0.2) is 0 Å². The van der Waals surface area contributed by atoms with Crippen molar-refractivity contribution in [3.63, 3.8) is 0 Å². The van der Waals surface area contributed by atoms with Crippen LogP contribution in [0.5, 0.6) is 0 Å². The Bertz CT molecular complexity index is 693. The summed E-state index contributed by atoms with van der Waals surface area (Å²) in [5.41, 5.74) is 6.34. The van der Waals surface area contributed by atoms with Gasteiger partial charge in [0.05, 0.1) is 6.04 Å². The summed E-state index contributed by atoms with van der Waals surface area (Å²) in [4.78, 5) is 49.8. The molecule has 0 fully saturated rings. The molecule has 0 aliphatic carbocycles. The summed E-state index contributed by atoms with van der Waals surface area (Å²) in [6, 6.07) is 5.85. The maximum atomic E-state index is 12.5. The van der Waals surface area contributed by atoms with Gasteiger partial charge in [0.2, 0.25) is 17.7 Å². The van der Waals surface area contributed by atoms with Crippen LogP contribution in [0, 0.1) is 0 Å². The second kappa shape index (κ2) is 11.0. The summed E-state index contributed by atoms with van der Waals surface area (Å²) in [6.07, 6.45) is -0.987. The number of nitrogens with two attached hydrogens (primary N) is 1. The summed E-state index contributed by atoms with van der Waals surface area (Å²) >= 11 is 0. The number of carbonyl (C=O) groups is 4. The maximum Gasteiger partial charge on any atom is 0.417 e. The van der Waals surface area contributed by atoms with Gasteiger partial charge < -0.3 is 21.1 Å². The van der Waals surface area contributed by atoms with Crippen LogP contribution in [0.3, 0.4) is 0 Å². The smallest absolute Gasteiger partial charge is 0.417 e. The van der Waals surface area contributed by atoms with Gasteiger partial charge in [-0.2, -0.15) is 0 Å². The Morgan fingerprint density at radius 2 is 1.68 bits per heavy atom. The van der Waals surface area contributed by atoms with Gasteiger partial charge in [0.1, 0.15) is 18.7 Å². The summed E-state index contributed by atoms with van der Waals surface area (Å²) in [7, 11) is 0. The Kier molecular flexibility index (Phi) is 9.10. The number of ether oxygens (including phenoxy) is 1. The predicted molar refractivity (Wildman–Crippen MR) is 103 cm³/mol. The largest absolute Gasteiger partial charge is 0.444 e. The molecule has 1 aromatic rings. The van der Waals surface area contributed by atoms with Crippen LogP contribution in [-0.2, 0) is 25.7 Å². The minimum Gasteiger partial charge on any atom is -0.444 e.